The average molecular weight is 218 g/mol. The third kappa shape index (κ3) is 11.3. The van der Waals surface area contributed by atoms with Gasteiger partial charge in [-0.25, -0.2) is 0 Å². The maximum atomic E-state index is 11.2. The summed E-state index contributed by atoms with van der Waals surface area (Å²) in [6, 6.07) is 0. The van der Waals surface area contributed by atoms with Gasteiger partial charge in [0.15, 0.2) is 0 Å². The highest BCUT2D eigenvalue weighted by Gasteiger charge is 1.99. The van der Waals surface area contributed by atoms with Crippen molar-refractivity contribution in [3.8, 4) is 0 Å². The van der Waals surface area contributed by atoms with Crippen LogP contribution < -0.4 is 11.1 Å². The first-order chi connectivity index (χ1) is 7.31. The van der Waals surface area contributed by atoms with Crippen LogP contribution in [0.3, 0.4) is 0 Å². The fraction of sp³-hybridized carbons (Fsp3) is 0.900. The molecule has 0 aliphatic rings. The normalized spacial score (nSPS) is 10.3. The lowest BCUT2D eigenvalue weighted by molar-refractivity contribution is -0.121. The Hall–Kier alpha value is -0.650. The van der Waals surface area contributed by atoms with Crippen molar-refractivity contribution in [2.45, 2.75) is 25.7 Å². The van der Waals surface area contributed by atoms with Crippen LogP contribution in [0.2, 0.25) is 0 Å². The van der Waals surface area contributed by atoms with E-state index in [-0.39, 0.29) is 12.5 Å². The van der Waals surface area contributed by atoms with Crippen LogP contribution in [0.1, 0.15) is 25.7 Å². The summed E-state index contributed by atoms with van der Waals surface area (Å²) in [5, 5.41) is 11.2. The Kier molecular flexibility index (Phi) is 10.9. The largest absolute Gasteiger partial charge is 0.394 e. The van der Waals surface area contributed by atoms with Crippen LogP contribution in [-0.4, -0.2) is 43.9 Å². The van der Waals surface area contributed by atoms with Crippen LogP contribution in [0, 0.1) is 0 Å². The summed E-state index contributed by atoms with van der Waals surface area (Å²) < 4.78 is 4.99. The number of rotatable bonds is 10. The van der Waals surface area contributed by atoms with Crippen molar-refractivity contribution in [3.63, 3.8) is 0 Å². The molecule has 0 saturated carbocycles. The summed E-state index contributed by atoms with van der Waals surface area (Å²) in [6.07, 6.45) is 3.43. The number of nitrogens with two attached hydrogens (primary N) is 1. The average Bonchev–Trinajstić information content (AvgIpc) is 2.24. The van der Waals surface area contributed by atoms with Crippen LogP contribution in [0.15, 0.2) is 0 Å². The summed E-state index contributed by atoms with van der Waals surface area (Å²) in [5.74, 6) is 0.0552. The molecule has 0 radical (unpaired) electrons. The van der Waals surface area contributed by atoms with Gasteiger partial charge < -0.3 is 20.9 Å². The zero-order valence-corrected chi connectivity index (χ0v) is 9.21. The SMILES string of the molecule is NCCCCCC(=O)NCCOCCO. The second kappa shape index (κ2) is 11.4. The van der Waals surface area contributed by atoms with Gasteiger partial charge in [0.25, 0.3) is 0 Å². The van der Waals surface area contributed by atoms with E-state index in [1.807, 2.05) is 0 Å². The van der Waals surface area contributed by atoms with Crippen LogP contribution in [0.5, 0.6) is 0 Å². The Morgan fingerprint density at radius 1 is 1.27 bits per heavy atom. The lowest BCUT2D eigenvalue weighted by Crippen LogP contribution is -2.27. The van der Waals surface area contributed by atoms with Crippen LogP contribution in [-0.2, 0) is 9.53 Å². The van der Waals surface area contributed by atoms with Gasteiger partial charge in [-0.2, -0.15) is 0 Å². The highest BCUT2D eigenvalue weighted by atomic mass is 16.5. The lowest BCUT2D eigenvalue weighted by atomic mass is 10.2. The van der Waals surface area contributed by atoms with E-state index in [0.29, 0.717) is 32.7 Å². The van der Waals surface area contributed by atoms with E-state index in [4.69, 9.17) is 15.6 Å². The first kappa shape index (κ1) is 14.3. The third-order valence-electron chi connectivity index (χ3n) is 1.91. The maximum absolute atomic E-state index is 11.2. The Morgan fingerprint density at radius 3 is 2.73 bits per heavy atom. The van der Waals surface area contributed by atoms with Crippen molar-refractivity contribution in [2.24, 2.45) is 5.73 Å². The molecule has 0 saturated heterocycles. The van der Waals surface area contributed by atoms with E-state index in [9.17, 15) is 4.79 Å². The highest BCUT2D eigenvalue weighted by molar-refractivity contribution is 5.75. The molecule has 0 aliphatic heterocycles. The molecule has 0 atom stereocenters. The van der Waals surface area contributed by atoms with Crippen LogP contribution in [0.25, 0.3) is 0 Å². The minimum atomic E-state index is 0.0209. The van der Waals surface area contributed by atoms with Gasteiger partial charge >= 0.3 is 0 Å². The Bertz CT molecular complexity index is 154. The topological polar surface area (TPSA) is 84.6 Å². The van der Waals surface area contributed by atoms with E-state index in [0.717, 1.165) is 19.3 Å². The molecule has 15 heavy (non-hydrogen) atoms. The number of aliphatic hydroxyl groups excluding tert-OH is 1. The van der Waals surface area contributed by atoms with Gasteiger partial charge in [0, 0.05) is 13.0 Å². The minimum absolute atomic E-state index is 0.0209. The smallest absolute Gasteiger partial charge is 0.220 e. The van der Waals surface area contributed by atoms with Crippen LogP contribution in [0.4, 0.5) is 0 Å². The summed E-state index contributed by atoms with van der Waals surface area (Å²) in [5.41, 5.74) is 5.33. The molecule has 0 aliphatic carbocycles. The molecule has 0 heterocycles. The van der Waals surface area contributed by atoms with E-state index in [1.54, 1.807) is 0 Å². The van der Waals surface area contributed by atoms with Crippen molar-refractivity contribution >= 4 is 5.91 Å². The van der Waals surface area contributed by atoms with Crippen molar-refractivity contribution in [1.82, 2.24) is 5.32 Å². The molecule has 0 aromatic carbocycles. The number of aliphatic hydroxyl groups is 1. The first-order valence-electron chi connectivity index (χ1n) is 5.46. The monoisotopic (exact) mass is 218 g/mol. The predicted molar refractivity (Wildman–Crippen MR) is 58.4 cm³/mol. The van der Waals surface area contributed by atoms with Gasteiger partial charge in [0.2, 0.25) is 5.91 Å². The van der Waals surface area contributed by atoms with E-state index < -0.39 is 0 Å². The fourth-order valence-corrected chi connectivity index (χ4v) is 1.12. The number of carbonyl (C=O) groups excluding carboxylic acids is 1. The number of hydrogen-bond acceptors (Lipinski definition) is 4. The molecule has 5 nitrogen and oxygen atoms in total. The van der Waals surface area contributed by atoms with Crippen molar-refractivity contribution in [1.29, 1.82) is 0 Å². The molecule has 0 rings (SSSR count). The minimum Gasteiger partial charge on any atom is -0.394 e. The summed E-state index contributed by atoms with van der Waals surface area (Å²) in [4.78, 5) is 11.2. The molecule has 4 N–H and O–H groups in total. The Morgan fingerprint density at radius 2 is 2.07 bits per heavy atom. The van der Waals surface area contributed by atoms with Gasteiger partial charge in [-0.1, -0.05) is 6.42 Å². The van der Waals surface area contributed by atoms with Gasteiger partial charge in [0.05, 0.1) is 19.8 Å². The molecule has 0 aromatic heterocycles. The molecular weight excluding hydrogens is 196 g/mol. The first-order valence-corrected chi connectivity index (χ1v) is 5.46. The molecule has 0 bridgehead atoms. The molecule has 1 amide bonds. The number of carbonyl (C=O) groups is 1. The second-order valence-electron chi connectivity index (χ2n) is 3.29. The zero-order valence-electron chi connectivity index (χ0n) is 9.21. The van der Waals surface area contributed by atoms with Crippen molar-refractivity contribution in [2.75, 3.05) is 32.9 Å². The van der Waals surface area contributed by atoms with Crippen molar-refractivity contribution in [3.05, 3.63) is 0 Å². The number of nitrogens with one attached hydrogen (secondary N) is 1. The molecule has 0 spiro atoms. The van der Waals surface area contributed by atoms with Gasteiger partial charge in [-0.3, -0.25) is 4.79 Å². The van der Waals surface area contributed by atoms with Gasteiger partial charge in [0.1, 0.15) is 0 Å². The summed E-state index contributed by atoms with van der Waals surface area (Å²) in [6.45, 7) is 2.00. The highest BCUT2D eigenvalue weighted by Crippen LogP contribution is 1.97. The number of amides is 1. The number of hydrogen-bond donors (Lipinski definition) is 3. The summed E-state index contributed by atoms with van der Waals surface area (Å²) in [7, 11) is 0. The number of ether oxygens (including phenoxy) is 1. The molecule has 0 fully saturated rings. The second-order valence-corrected chi connectivity index (χ2v) is 3.29. The van der Waals surface area contributed by atoms with E-state index in [2.05, 4.69) is 5.32 Å². The number of unbranched alkanes of at least 4 members (excludes halogenated alkanes) is 2. The Labute approximate surface area is 91.0 Å². The zero-order chi connectivity index (χ0) is 11.4. The molecule has 0 unspecified atom stereocenters. The van der Waals surface area contributed by atoms with E-state index in [1.165, 1.54) is 0 Å². The molecule has 5 heteroatoms. The standard InChI is InChI=1S/C10H22N2O3/c11-5-3-1-2-4-10(14)12-6-8-15-9-7-13/h13H,1-9,11H2,(H,12,14). The quantitative estimate of drug-likeness (QED) is 0.437. The predicted octanol–water partition coefficient (Wildman–Crippen LogP) is -0.369. The van der Waals surface area contributed by atoms with Gasteiger partial charge in [-0.05, 0) is 19.4 Å². The maximum Gasteiger partial charge on any atom is 0.220 e. The Balaban J connectivity index is 3.11. The van der Waals surface area contributed by atoms with Crippen LogP contribution >= 0.6 is 0 Å². The third-order valence-corrected chi connectivity index (χ3v) is 1.91. The van der Waals surface area contributed by atoms with E-state index >= 15 is 0 Å². The molecule has 90 valence electrons. The van der Waals surface area contributed by atoms with Crippen molar-refractivity contribution < 1.29 is 14.6 Å². The van der Waals surface area contributed by atoms with Gasteiger partial charge in [-0.15, -0.1) is 0 Å². The lowest BCUT2D eigenvalue weighted by Gasteiger charge is -2.05. The summed E-state index contributed by atoms with van der Waals surface area (Å²) >= 11 is 0. The molecule has 0 aromatic rings. The molecular formula is C10H22N2O3. The fourth-order valence-electron chi connectivity index (χ4n) is 1.12.